The number of hydrogen-bond acceptors (Lipinski definition) is 5. The minimum atomic E-state index is -0.465. The summed E-state index contributed by atoms with van der Waals surface area (Å²) in [6.07, 6.45) is 0. The van der Waals surface area contributed by atoms with Crippen molar-refractivity contribution in [3.63, 3.8) is 0 Å². The number of methoxy groups -OCH3 is 1. The van der Waals surface area contributed by atoms with Crippen LogP contribution in [0.3, 0.4) is 0 Å². The summed E-state index contributed by atoms with van der Waals surface area (Å²) < 4.78 is 5.23. The molecule has 1 heterocycles. The number of nitrogens with one attached hydrogen (secondary N) is 3. The number of carbonyl (C=O) groups excluding carboxylic acids is 2. The normalized spacial score (nSPS) is 10.2. The van der Waals surface area contributed by atoms with Crippen LogP contribution in [0.2, 0.25) is 5.02 Å². The third-order valence-corrected chi connectivity index (χ3v) is 5.00. The summed E-state index contributed by atoms with van der Waals surface area (Å²) in [6.45, 7) is 1.70. The Morgan fingerprint density at radius 3 is 2.46 bits per heavy atom. The van der Waals surface area contributed by atoms with Crippen LogP contribution in [0.4, 0.5) is 21.3 Å². The molecule has 3 aromatic rings. The first-order valence-corrected chi connectivity index (χ1v) is 9.41. The van der Waals surface area contributed by atoms with E-state index < -0.39 is 6.03 Å². The topological polar surface area (TPSA) is 92.4 Å². The van der Waals surface area contributed by atoms with Crippen LogP contribution in [-0.2, 0) is 0 Å². The summed E-state index contributed by atoms with van der Waals surface area (Å²) in [7, 11) is 1.53. The third-order valence-electron chi connectivity index (χ3n) is 3.68. The van der Waals surface area contributed by atoms with Crippen molar-refractivity contribution in [2.24, 2.45) is 0 Å². The first kappa shape index (κ1) is 19.7. The molecule has 0 fully saturated rings. The molecule has 0 aliphatic heterocycles. The molecule has 0 bridgehead atoms. The molecular formula is C19H17ClN4O3S. The molecule has 7 nitrogen and oxygen atoms in total. The Hall–Kier alpha value is -3.10. The van der Waals surface area contributed by atoms with Crippen molar-refractivity contribution in [1.29, 1.82) is 0 Å². The molecule has 0 aliphatic carbocycles. The highest BCUT2D eigenvalue weighted by Crippen LogP contribution is 2.27. The van der Waals surface area contributed by atoms with Gasteiger partial charge in [0.15, 0.2) is 5.13 Å². The summed E-state index contributed by atoms with van der Waals surface area (Å²) in [6, 6.07) is 13.3. The first-order valence-electron chi connectivity index (χ1n) is 8.21. The highest BCUT2D eigenvalue weighted by Gasteiger charge is 2.18. The number of ether oxygens (including phenoxy) is 1. The molecule has 3 rings (SSSR count). The van der Waals surface area contributed by atoms with Crippen LogP contribution >= 0.6 is 22.9 Å². The molecule has 0 aliphatic rings. The van der Waals surface area contributed by atoms with Gasteiger partial charge in [-0.05, 0) is 43.3 Å². The summed E-state index contributed by atoms with van der Waals surface area (Å²) in [5, 5.41) is 8.98. The first-order chi connectivity index (χ1) is 13.5. The zero-order valence-corrected chi connectivity index (χ0v) is 16.6. The Labute approximate surface area is 170 Å². The van der Waals surface area contributed by atoms with Gasteiger partial charge >= 0.3 is 6.03 Å². The van der Waals surface area contributed by atoms with Gasteiger partial charge in [0.2, 0.25) is 0 Å². The number of aryl methyl sites for hydroxylation is 1. The van der Waals surface area contributed by atoms with Gasteiger partial charge in [-0.1, -0.05) is 35.1 Å². The lowest BCUT2D eigenvalue weighted by atomic mass is 10.3. The fourth-order valence-electron chi connectivity index (χ4n) is 2.38. The SMILES string of the molecule is COc1ccccc1NC(=O)c1sc(NC(=O)Nc2ccc(Cl)cc2)nc1C. The van der Waals surface area contributed by atoms with E-state index in [9.17, 15) is 9.59 Å². The highest BCUT2D eigenvalue weighted by molar-refractivity contribution is 7.17. The molecule has 0 saturated carbocycles. The molecular weight excluding hydrogens is 400 g/mol. The number of benzene rings is 2. The average molecular weight is 417 g/mol. The number of para-hydroxylation sites is 2. The second-order valence-electron chi connectivity index (χ2n) is 5.67. The molecule has 3 amide bonds. The zero-order valence-electron chi connectivity index (χ0n) is 15.1. The van der Waals surface area contributed by atoms with Gasteiger partial charge in [0.1, 0.15) is 10.6 Å². The Morgan fingerprint density at radius 1 is 1.04 bits per heavy atom. The summed E-state index contributed by atoms with van der Waals surface area (Å²) in [5.41, 5.74) is 1.65. The molecule has 0 atom stereocenters. The summed E-state index contributed by atoms with van der Waals surface area (Å²) >= 11 is 6.91. The smallest absolute Gasteiger partial charge is 0.325 e. The van der Waals surface area contributed by atoms with E-state index in [0.29, 0.717) is 37.8 Å². The van der Waals surface area contributed by atoms with Crippen molar-refractivity contribution >= 4 is 51.4 Å². The number of urea groups is 1. The fourth-order valence-corrected chi connectivity index (χ4v) is 3.36. The van der Waals surface area contributed by atoms with Crippen LogP contribution in [0, 0.1) is 6.92 Å². The van der Waals surface area contributed by atoms with E-state index in [1.165, 1.54) is 7.11 Å². The van der Waals surface area contributed by atoms with Crippen LogP contribution < -0.4 is 20.7 Å². The Bertz CT molecular complexity index is 1000. The predicted octanol–water partition coefficient (Wildman–Crippen LogP) is 5.01. The summed E-state index contributed by atoms with van der Waals surface area (Å²) in [4.78, 5) is 29.4. The molecule has 3 N–H and O–H groups in total. The summed E-state index contributed by atoms with van der Waals surface area (Å²) in [5.74, 6) is 0.226. The molecule has 0 unspecified atom stereocenters. The van der Waals surface area contributed by atoms with Crippen molar-refractivity contribution < 1.29 is 14.3 Å². The number of thiazole rings is 1. The molecule has 9 heteroatoms. The number of halogens is 1. The number of hydrogen-bond donors (Lipinski definition) is 3. The van der Waals surface area contributed by atoms with Crippen LogP contribution in [0.5, 0.6) is 5.75 Å². The molecule has 2 aromatic carbocycles. The maximum Gasteiger partial charge on any atom is 0.325 e. The number of rotatable bonds is 5. The van der Waals surface area contributed by atoms with E-state index >= 15 is 0 Å². The van der Waals surface area contributed by atoms with Crippen molar-refractivity contribution in [3.8, 4) is 5.75 Å². The van der Waals surface area contributed by atoms with E-state index in [4.69, 9.17) is 16.3 Å². The molecule has 1 aromatic heterocycles. The van der Waals surface area contributed by atoms with Crippen molar-refractivity contribution in [2.45, 2.75) is 6.92 Å². The van der Waals surface area contributed by atoms with Gasteiger partial charge < -0.3 is 15.4 Å². The van der Waals surface area contributed by atoms with E-state index in [1.807, 2.05) is 6.07 Å². The molecule has 144 valence electrons. The Kier molecular flexibility index (Phi) is 6.13. The molecule has 28 heavy (non-hydrogen) atoms. The second-order valence-corrected chi connectivity index (χ2v) is 7.11. The van der Waals surface area contributed by atoms with Gasteiger partial charge in [0.25, 0.3) is 5.91 Å². The van der Waals surface area contributed by atoms with Crippen LogP contribution in [-0.4, -0.2) is 24.0 Å². The predicted molar refractivity (Wildman–Crippen MR) is 112 cm³/mol. The second kappa shape index (κ2) is 8.73. The van der Waals surface area contributed by atoms with Gasteiger partial charge in [-0.3, -0.25) is 10.1 Å². The Balaban J connectivity index is 1.67. The number of anilines is 3. The largest absolute Gasteiger partial charge is 0.495 e. The standard InChI is InChI=1S/C19H17ClN4O3S/c1-11-16(17(25)23-14-5-3-4-6-15(14)27-2)28-19(21-11)24-18(26)22-13-9-7-12(20)8-10-13/h3-10H,1-2H3,(H,23,25)(H2,21,22,24,26). The monoisotopic (exact) mass is 416 g/mol. The molecule has 0 radical (unpaired) electrons. The molecule has 0 saturated heterocycles. The van der Waals surface area contributed by atoms with Gasteiger partial charge in [-0.25, -0.2) is 9.78 Å². The maximum atomic E-state index is 12.6. The zero-order chi connectivity index (χ0) is 20.1. The van der Waals surface area contributed by atoms with E-state index in [0.717, 1.165) is 11.3 Å². The number of carbonyl (C=O) groups is 2. The van der Waals surface area contributed by atoms with Crippen molar-refractivity contribution in [2.75, 3.05) is 23.1 Å². The fraction of sp³-hybridized carbons (Fsp3) is 0.105. The lowest BCUT2D eigenvalue weighted by molar-refractivity contribution is 0.102. The van der Waals surface area contributed by atoms with Gasteiger partial charge in [0.05, 0.1) is 18.5 Å². The Morgan fingerprint density at radius 2 is 1.75 bits per heavy atom. The van der Waals surface area contributed by atoms with Gasteiger partial charge in [-0.15, -0.1) is 0 Å². The highest BCUT2D eigenvalue weighted by atomic mass is 35.5. The number of nitrogens with zero attached hydrogens (tertiary/aromatic N) is 1. The molecule has 0 spiro atoms. The maximum absolute atomic E-state index is 12.6. The minimum absolute atomic E-state index is 0.314. The van der Waals surface area contributed by atoms with Crippen molar-refractivity contribution in [3.05, 3.63) is 64.1 Å². The van der Waals surface area contributed by atoms with Crippen LogP contribution in [0.1, 0.15) is 15.4 Å². The number of aromatic nitrogens is 1. The van der Waals surface area contributed by atoms with Gasteiger partial charge in [0, 0.05) is 10.7 Å². The third kappa shape index (κ3) is 4.79. The lowest BCUT2D eigenvalue weighted by Crippen LogP contribution is -2.19. The quantitative estimate of drug-likeness (QED) is 0.545. The van der Waals surface area contributed by atoms with Crippen LogP contribution in [0.15, 0.2) is 48.5 Å². The van der Waals surface area contributed by atoms with E-state index in [2.05, 4.69) is 20.9 Å². The van der Waals surface area contributed by atoms with Gasteiger partial charge in [-0.2, -0.15) is 0 Å². The van der Waals surface area contributed by atoms with E-state index in [-0.39, 0.29) is 5.91 Å². The minimum Gasteiger partial charge on any atom is -0.495 e. The number of amides is 3. The van der Waals surface area contributed by atoms with E-state index in [1.54, 1.807) is 49.4 Å². The lowest BCUT2D eigenvalue weighted by Gasteiger charge is -2.08. The van der Waals surface area contributed by atoms with Crippen LogP contribution in [0.25, 0.3) is 0 Å². The van der Waals surface area contributed by atoms with Crippen molar-refractivity contribution in [1.82, 2.24) is 4.98 Å². The average Bonchev–Trinajstić information content (AvgIpc) is 3.04.